The number of anilines is 1. The summed E-state index contributed by atoms with van der Waals surface area (Å²) in [5.41, 5.74) is 8.24. The molecule has 2 amide bonds. The van der Waals surface area contributed by atoms with Gasteiger partial charge in [0.2, 0.25) is 0 Å². The lowest BCUT2D eigenvalue weighted by Crippen LogP contribution is -2.18. The maximum Gasteiger partial charge on any atom is 0.255 e. The quantitative estimate of drug-likeness (QED) is 0.766. The molecule has 0 atom stereocenters. The smallest absolute Gasteiger partial charge is 0.255 e. The number of carbonyl (C=O) groups excluding carboxylic acids is 2. The number of carbonyl (C=O) groups is 2. The van der Waals surface area contributed by atoms with Gasteiger partial charge in [-0.2, -0.15) is 0 Å². The lowest BCUT2D eigenvalue weighted by molar-refractivity contribution is 0.100. The Kier molecular flexibility index (Phi) is 4.27. The fourth-order valence-corrected chi connectivity index (χ4v) is 3.01. The van der Waals surface area contributed by atoms with Crippen LogP contribution in [0.1, 0.15) is 46.4 Å². The number of nitrogens with one attached hydrogen (secondary N) is 1. The number of hydrogen-bond acceptors (Lipinski definition) is 3. The number of aromatic nitrogens is 2. The zero-order chi connectivity index (χ0) is 18.1. The van der Waals surface area contributed by atoms with Gasteiger partial charge in [0.05, 0.1) is 22.3 Å². The first-order valence-electron chi connectivity index (χ1n) is 8.07. The SMILES string of the molecule is Cc1nc2cc(C(=O)Nc3ccccc3C(N)=O)ccc2n1C(C)C. The van der Waals surface area contributed by atoms with Crippen molar-refractivity contribution in [2.45, 2.75) is 26.8 Å². The number of benzene rings is 2. The molecule has 0 saturated carbocycles. The number of para-hydroxylation sites is 1. The monoisotopic (exact) mass is 336 g/mol. The second-order valence-electron chi connectivity index (χ2n) is 6.19. The molecule has 3 rings (SSSR count). The molecule has 0 bridgehead atoms. The number of nitrogens with two attached hydrogens (primary N) is 1. The number of amides is 2. The molecule has 3 aromatic rings. The van der Waals surface area contributed by atoms with Gasteiger partial charge in [-0.25, -0.2) is 4.98 Å². The number of fused-ring (bicyclic) bond motifs is 1. The van der Waals surface area contributed by atoms with E-state index >= 15 is 0 Å². The number of nitrogens with zero attached hydrogens (tertiary/aromatic N) is 2. The highest BCUT2D eigenvalue weighted by molar-refractivity contribution is 6.09. The van der Waals surface area contributed by atoms with Gasteiger partial charge in [-0.1, -0.05) is 12.1 Å². The minimum Gasteiger partial charge on any atom is -0.366 e. The van der Waals surface area contributed by atoms with Gasteiger partial charge in [-0.3, -0.25) is 9.59 Å². The van der Waals surface area contributed by atoms with E-state index in [0.717, 1.165) is 16.9 Å². The van der Waals surface area contributed by atoms with Gasteiger partial charge in [0.15, 0.2) is 0 Å². The molecule has 1 aromatic heterocycles. The molecule has 0 saturated heterocycles. The Balaban J connectivity index is 1.95. The van der Waals surface area contributed by atoms with E-state index in [1.165, 1.54) is 0 Å². The first-order chi connectivity index (χ1) is 11.9. The molecule has 0 unspecified atom stereocenters. The molecule has 0 aliphatic carbocycles. The van der Waals surface area contributed by atoms with Crippen molar-refractivity contribution in [3.63, 3.8) is 0 Å². The number of primary amides is 1. The molecule has 0 radical (unpaired) electrons. The Hall–Kier alpha value is -3.15. The Labute approximate surface area is 145 Å². The first-order valence-corrected chi connectivity index (χ1v) is 8.07. The summed E-state index contributed by atoms with van der Waals surface area (Å²) in [6, 6.07) is 12.3. The average molecular weight is 336 g/mol. The summed E-state index contributed by atoms with van der Waals surface area (Å²) in [4.78, 5) is 28.6. The second kappa shape index (κ2) is 6.39. The Morgan fingerprint density at radius 2 is 1.88 bits per heavy atom. The molecule has 6 nitrogen and oxygen atoms in total. The van der Waals surface area contributed by atoms with Crippen LogP contribution in [0, 0.1) is 6.92 Å². The van der Waals surface area contributed by atoms with Crippen molar-refractivity contribution in [2.24, 2.45) is 5.73 Å². The molecular formula is C19H20N4O2. The van der Waals surface area contributed by atoms with Crippen molar-refractivity contribution in [1.82, 2.24) is 9.55 Å². The Bertz CT molecular complexity index is 973. The van der Waals surface area contributed by atoms with Gasteiger partial charge in [0.25, 0.3) is 11.8 Å². The Morgan fingerprint density at radius 1 is 1.16 bits per heavy atom. The van der Waals surface area contributed by atoms with E-state index in [-0.39, 0.29) is 17.5 Å². The third kappa shape index (κ3) is 3.10. The molecule has 6 heteroatoms. The van der Waals surface area contributed by atoms with Gasteiger partial charge >= 0.3 is 0 Å². The molecule has 3 N–H and O–H groups in total. The summed E-state index contributed by atoms with van der Waals surface area (Å²) in [7, 11) is 0. The maximum absolute atomic E-state index is 12.6. The predicted molar refractivity (Wildman–Crippen MR) is 97.8 cm³/mol. The topological polar surface area (TPSA) is 90.0 Å². The average Bonchev–Trinajstić information content (AvgIpc) is 2.89. The van der Waals surface area contributed by atoms with Crippen molar-refractivity contribution in [1.29, 1.82) is 0 Å². The van der Waals surface area contributed by atoms with Crippen LogP contribution in [0.4, 0.5) is 5.69 Å². The molecule has 25 heavy (non-hydrogen) atoms. The van der Waals surface area contributed by atoms with Crippen LogP contribution in [-0.2, 0) is 0 Å². The molecule has 0 aliphatic heterocycles. The minimum absolute atomic E-state index is 0.275. The predicted octanol–water partition coefficient (Wildman–Crippen LogP) is 3.28. The van der Waals surface area contributed by atoms with Crippen LogP contribution < -0.4 is 11.1 Å². The summed E-state index contributed by atoms with van der Waals surface area (Å²) >= 11 is 0. The van der Waals surface area contributed by atoms with Crippen molar-refractivity contribution in [3.05, 3.63) is 59.4 Å². The number of imidazole rings is 1. The van der Waals surface area contributed by atoms with Crippen LogP contribution in [-0.4, -0.2) is 21.4 Å². The third-order valence-corrected chi connectivity index (χ3v) is 4.09. The van der Waals surface area contributed by atoms with Crippen LogP contribution >= 0.6 is 0 Å². The van der Waals surface area contributed by atoms with Crippen LogP contribution in [0.5, 0.6) is 0 Å². The molecule has 0 spiro atoms. The number of hydrogen-bond donors (Lipinski definition) is 2. The van der Waals surface area contributed by atoms with E-state index < -0.39 is 5.91 Å². The molecular weight excluding hydrogens is 316 g/mol. The summed E-state index contributed by atoms with van der Waals surface area (Å²) in [5.74, 6) is 0.00614. The van der Waals surface area contributed by atoms with E-state index in [1.807, 2.05) is 13.0 Å². The normalized spacial score (nSPS) is 11.0. The summed E-state index contributed by atoms with van der Waals surface area (Å²) in [5, 5.41) is 2.74. The summed E-state index contributed by atoms with van der Waals surface area (Å²) in [6.07, 6.45) is 0. The highest BCUT2D eigenvalue weighted by Crippen LogP contribution is 2.23. The Morgan fingerprint density at radius 3 is 2.56 bits per heavy atom. The van der Waals surface area contributed by atoms with E-state index in [1.54, 1.807) is 36.4 Å². The van der Waals surface area contributed by atoms with Crippen LogP contribution in [0.2, 0.25) is 0 Å². The van der Waals surface area contributed by atoms with Gasteiger partial charge in [-0.05, 0) is 51.1 Å². The third-order valence-electron chi connectivity index (χ3n) is 4.09. The van der Waals surface area contributed by atoms with Gasteiger partial charge in [0.1, 0.15) is 5.82 Å². The van der Waals surface area contributed by atoms with Crippen LogP contribution in [0.25, 0.3) is 11.0 Å². The highest BCUT2D eigenvalue weighted by atomic mass is 16.2. The lowest BCUT2D eigenvalue weighted by atomic mass is 10.1. The largest absolute Gasteiger partial charge is 0.366 e. The molecule has 0 aliphatic rings. The van der Waals surface area contributed by atoms with Gasteiger partial charge in [0, 0.05) is 11.6 Å². The van der Waals surface area contributed by atoms with E-state index in [0.29, 0.717) is 11.3 Å². The highest BCUT2D eigenvalue weighted by Gasteiger charge is 2.15. The number of aryl methyl sites for hydroxylation is 1. The standard InChI is InChI=1S/C19H20N4O2/c1-11(2)23-12(3)21-16-10-13(8-9-17(16)23)19(25)22-15-7-5-4-6-14(15)18(20)24/h4-11H,1-3H3,(H2,20,24)(H,22,25). The zero-order valence-corrected chi connectivity index (χ0v) is 14.4. The number of rotatable bonds is 4. The summed E-state index contributed by atoms with van der Waals surface area (Å²) in [6.45, 7) is 6.13. The van der Waals surface area contributed by atoms with Crippen molar-refractivity contribution in [2.75, 3.05) is 5.32 Å². The fraction of sp³-hybridized carbons (Fsp3) is 0.211. The van der Waals surface area contributed by atoms with Crippen molar-refractivity contribution in [3.8, 4) is 0 Å². The molecule has 1 heterocycles. The molecule has 0 fully saturated rings. The lowest BCUT2D eigenvalue weighted by Gasteiger charge is -2.11. The summed E-state index contributed by atoms with van der Waals surface area (Å²) < 4.78 is 2.12. The molecule has 128 valence electrons. The fourth-order valence-electron chi connectivity index (χ4n) is 3.01. The van der Waals surface area contributed by atoms with Gasteiger partial charge < -0.3 is 15.6 Å². The van der Waals surface area contributed by atoms with Crippen LogP contribution in [0.3, 0.4) is 0 Å². The van der Waals surface area contributed by atoms with Crippen LogP contribution in [0.15, 0.2) is 42.5 Å². The van der Waals surface area contributed by atoms with E-state index in [4.69, 9.17) is 5.73 Å². The van der Waals surface area contributed by atoms with Crippen molar-refractivity contribution >= 4 is 28.5 Å². The first kappa shape index (κ1) is 16.7. The molecule has 2 aromatic carbocycles. The van der Waals surface area contributed by atoms with Crippen molar-refractivity contribution < 1.29 is 9.59 Å². The second-order valence-corrected chi connectivity index (χ2v) is 6.19. The van der Waals surface area contributed by atoms with E-state index in [9.17, 15) is 9.59 Å². The van der Waals surface area contributed by atoms with E-state index in [2.05, 4.69) is 28.7 Å². The maximum atomic E-state index is 12.6. The van der Waals surface area contributed by atoms with Gasteiger partial charge in [-0.15, -0.1) is 0 Å². The zero-order valence-electron chi connectivity index (χ0n) is 14.4. The minimum atomic E-state index is -0.586.